The summed E-state index contributed by atoms with van der Waals surface area (Å²) in [5.74, 6) is 0. The topological polar surface area (TPSA) is 71.1 Å². The Hall–Kier alpha value is -0.520. The van der Waals surface area contributed by atoms with E-state index in [0.717, 1.165) is 4.70 Å². The molecule has 2 rings (SSSR count). The zero-order valence-corrected chi connectivity index (χ0v) is 17.5. The summed E-state index contributed by atoms with van der Waals surface area (Å²) in [4.78, 5) is 0. The Morgan fingerprint density at radius 3 is 1.80 bits per heavy atom. The summed E-state index contributed by atoms with van der Waals surface area (Å²) in [6, 6.07) is 7.39. The highest BCUT2D eigenvalue weighted by Crippen LogP contribution is 2.56. The zero-order valence-electron chi connectivity index (χ0n) is 14.9. The molecular weight excluding hydrogens is 382 g/mol. The lowest BCUT2D eigenvalue weighted by molar-refractivity contribution is 0.226. The first-order chi connectivity index (χ1) is 12.0. The number of fused-ring (bicyclic) bond motifs is 1. The van der Waals surface area contributed by atoms with Crippen molar-refractivity contribution in [1.29, 1.82) is 0 Å². The van der Waals surface area contributed by atoms with E-state index in [0.29, 0.717) is 15.3 Å². The van der Waals surface area contributed by atoms with Crippen LogP contribution in [0.15, 0.2) is 24.3 Å². The van der Waals surface area contributed by atoms with Crippen molar-refractivity contribution in [1.82, 2.24) is 0 Å². The molecule has 0 aliphatic carbocycles. The predicted octanol–water partition coefficient (Wildman–Crippen LogP) is 4.68. The van der Waals surface area contributed by atoms with E-state index >= 15 is 0 Å². The molecule has 0 aliphatic heterocycles. The monoisotopic (exact) mass is 406 g/mol. The third-order valence-corrected chi connectivity index (χ3v) is 9.64. The molecule has 9 heteroatoms. The molecule has 1 aromatic heterocycles. The van der Waals surface area contributed by atoms with E-state index in [9.17, 15) is 9.13 Å². The van der Waals surface area contributed by atoms with Gasteiger partial charge < -0.3 is 18.1 Å². The fraction of sp³-hybridized carbons (Fsp3) is 0.500. The maximum Gasteiger partial charge on any atom is 0.372 e. The number of thiophene rings is 1. The van der Waals surface area contributed by atoms with Crippen LogP contribution < -0.4 is 9.92 Å². The van der Waals surface area contributed by atoms with Crippen molar-refractivity contribution in [3.05, 3.63) is 24.3 Å². The summed E-state index contributed by atoms with van der Waals surface area (Å²) in [5.41, 5.74) is 0. The van der Waals surface area contributed by atoms with Gasteiger partial charge in [-0.3, -0.25) is 9.13 Å². The fourth-order valence-corrected chi connectivity index (χ4v) is 8.76. The van der Waals surface area contributed by atoms with E-state index in [-0.39, 0.29) is 26.4 Å². The Balaban J connectivity index is 2.80. The summed E-state index contributed by atoms with van der Waals surface area (Å²) in [6.45, 7) is 7.78. The molecule has 1 aromatic carbocycles. The van der Waals surface area contributed by atoms with Gasteiger partial charge in [0.25, 0.3) is 0 Å². The van der Waals surface area contributed by atoms with Crippen molar-refractivity contribution in [3.63, 3.8) is 0 Å². The molecule has 0 saturated heterocycles. The molecule has 0 fully saturated rings. The van der Waals surface area contributed by atoms with Crippen molar-refractivity contribution < 1.29 is 27.2 Å². The van der Waals surface area contributed by atoms with E-state index in [1.165, 1.54) is 11.3 Å². The van der Waals surface area contributed by atoms with Crippen LogP contribution in [0.2, 0.25) is 0 Å². The first-order valence-electron chi connectivity index (χ1n) is 8.26. The summed E-state index contributed by atoms with van der Waals surface area (Å²) in [6.07, 6.45) is 0. The van der Waals surface area contributed by atoms with E-state index in [4.69, 9.17) is 18.1 Å². The van der Waals surface area contributed by atoms with Crippen LogP contribution in [-0.4, -0.2) is 26.4 Å². The van der Waals surface area contributed by atoms with E-state index in [2.05, 4.69) is 0 Å². The molecule has 0 spiro atoms. The average molecular weight is 406 g/mol. The molecule has 0 amide bonds. The van der Waals surface area contributed by atoms with Crippen LogP contribution in [0.3, 0.4) is 0 Å². The highest BCUT2D eigenvalue weighted by atomic mass is 32.1. The summed E-state index contributed by atoms with van der Waals surface area (Å²) in [5, 5.41) is 0.981. The lowest BCUT2D eigenvalue weighted by Crippen LogP contribution is -2.25. The van der Waals surface area contributed by atoms with Gasteiger partial charge in [0.15, 0.2) is 0 Å². The average Bonchev–Trinajstić information content (AvgIpc) is 2.97. The zero-order chi connectivity index (χ0) is 18.5. The minimum atomic E-state index is -3.67. The van der Waals surface area contributed by atoms with Crippen LogP contribution >= 0.6 is 26.5 Å². The standard InChI is InChI=1S/C16H24O6P2S/c1-5-19-23(17,20-6-2)15-13-11-9-10-12-14(13)25-16(15)24(18,21-7-3)22-8-4/h9-12H,5-8H2,1-4H3. The number of hydrogen-bond acceptors (Lipinski definition) is 7. The molecule has 0 bridgehead atoms. The molecule has 140 valence electrons. The van der Waals surface area contributed by atoms with Crippen LogP contribution in [0.1, 0.15) is 27.7 Å². The smallest absolute Gasteiger partial charge is 0.305 e. The molecule has 25 heavy (non-hydrogen) atoms. The highest BCUT2D eigenvalue weighted by molar-refractivity contribution is 7.75. The maximum atomic E-state index is 13.5. The SMILES string of the molecule is CCOP(=O)(OCC)c1sc2ccccc2c1P(=O)(OCC)OCC. The quantitative estimate of drug-likeness (QED) is 0.534. The van der Waals surface area contributed by atoms with Gasteiger partial charge in [0.1, 0.15) is 4.62 Å². The summed E-state index contributed by atoms with van der Waals surface area (Å²) >= 11 is 1.24. The van der Waals surface area contributed by atoms with Gasteiger partial charge in [-0.25, -0.2) is 0 Å². The van der Waals surface area contributed by atoms with Gasteiger partial charge in [-0.2, -0.15) is 0 Å². The van der Waals surface area contributed by atoms with Gasteiger partial charge in [-0.1, -0.05) is 18.2 Å². The maximum absolute atomic E-state index is 13.5. The van der Waals surface area contributed by atoms with Crippen LogP contribution in [-0.2, 0) is 27.2 Å². The first kappa shape index (κ1) is 20.8. The molecule has 1 heterocycles. The summed E-state index contributed by atoms with van der Waals surface area (Å²) < 4.78 is 50.0. The largest absolute Gasteiger partial charge is 0.372 e. The normalized spacial score (nSPS) is 12.8. The first-order valence-corrected chi connectivity index (χ1v) is 12.2. The molecule has 6 nitrogen and oxygen atoms in total. The van der Waals surface area contributed by atoms with Crippen molar-refractivity contribution in [2.24, 2.45) is 0 Å². The van der Waals surface area contributed by atoms with E-state index in [1.807, 2.05) is 24.3 Å². The van der Waals surface area contributed by atoms with Gasteiger partial charge in [0.05, 0.1) is 31.7 Å². The molecular formula is C16H24O6P2S. The van der Waals surface area contributed by atoms with Gasteiger partial charge in [-0.15, -0.1) is 11.3 Å². The highest BCUT2D eigenvalue weighted by Gasteiger charge is 2.42. The lowest BCUT2D eigenvalue weighted by Gasteiger charge is -2.21. The Bertz CT molecular complexity index is 783. The van der Waals surface area contributed by atoms with Crippen LogP contribution in [0, 0.1) is 0 Å². The Morgan fingerprint density at radius 2 is 1.28 bits per heavy atom. The van der Waals surface area contributed by atoms with Crippen molar-refractivity contribution in [2.75, 3.05) is 26.4 Å². The predicted molar refractivity (Wildman–Crippen MR) is 103 cm³/mol. The van der Waals surface area contributed by atoms with Crippen LogP contribution in [0.5, 0.6) is 0 Å². The molecule has 0 atom stereocenters. The molecule has 0 saturated carbocycles. The molecule has 2 aromatic rings. The minimum Gasteiger partial charge on any atom is -0.305 e. The second-order valence-electron chi connectivity index (χ2n) is 4.92. The third-order valence-electron chi connectivity index (χ3n) is 3.27. The second-order valence-corrected chi connectivity index (χ2v) is 10.2. The van der Waals surface area contributed by atoms with Crippen LogP contribution in [0.25, 0.3) is 10.1 Å². The van der Waals surface area contributed by atoms with Crippen LogP contribution in [0.4, 0.5) is 0 Å². The second kappa shape index (κ2) is 8.92. The number of benzene rings is 1. The minimum absolute atomic E-state index is 0.203. The van der Waals surface area contributed by atoms with Gasteiger partial charge >= 0.3 is 15.2 Å². The fourth-order valence-electron chi connectivity index (χ4n) is 2.47. The Morgan fingerprint density at radius 1 is 0.800 bits per heavy atom. The number of hydrogen-bond donors (Lipinski definition) is 0. The summed E-state index contributed by atoms with van der Waals surface area (Å²) in [7, 11) is -7.31. The third kappa shape index (κ3) is 4.25. The van der Waals surface area contributed by atoms with Gasteiger partial charge in [0.2, 0.25) is 0 Å². The van der Waals surface area contributed by atoms with Crippen molar-refractivity contribution in [3.8, 4) is 0 Å². The van der Waals surface area contributed by atoms with E-state index in [1.54, 1.807) is 27.7 Å². The Kier molecular flexibility index (Phi) is 7.41. The van der Waals surface area contributed by atoms with Crippen molar-refractivity contribution in [2.45, 2.75) is 27.7 Å². The van der Waals surface area contributed by atoms with Gasteiger partial charge in [0, 0.05) is 10.1 Å². The number of rotatable bonds is 10. The molecule has 0 unspecified atom stereocenters. The lowest BCUT2D eigenvalue weighted by atomic mass is 10.3. The molecule has 0 N–H and O–H groups in total. The Labute approximate surface area is 152 Å². The van der Waals surface area contributed by atoms with E-state index < -0.39 is 15.2 Å². The van der Waals surface area contributed by atoms with Gasteiger partial charge in [-0.05, 0) is 33.8 Å². The molecule has 0 radical (unpaired) electrons. The molecule has 0 aliphatic rings. The van der Waals surface area contributed by atoms with Crippen molar-refractivity contribution >= 4 is 46.5 Å².